The van der Waals surface area contributed by atoms with E-state index in [4.69, 9.17) is 20.4 Å². The Kier molecular flexibility index (Phi) is 6.44. The smallest absolute Gasteiger partial charge is 0.459 e. The first-order valence-corrected chi connectivity index (χ1v) is 5.12. The van der Waals surface area contributed by atoms with Gasteiger partial charge in [0, 0.05) is 0 Å². The molecule has 1 aliphatic rings. The number of halogens is 7. The van der Waals surface area contributed by atoms with Gasteiger partial charge in [-0.2, -0.15) is 22.0 Å². The molecule has 0 spiro atoms. The van der Waals surface area contributed by atoms with Crippen molar-refractivity contribution in [3.8, 4) is 0 Å². The van der Waals surface area contributed by atoms with Gasteiger partial charge in [-0.3, -0.25) is 0 Å². The summed E-state index contributed by atoms with van der Waals surface area (Å²) in [6.07, 6.45) is -13.6. The Hall–Kier alpha value is -1.76. The molecule has 2 atom stereocenters. The summed E-state index contributed by atoms with van der Waals surface area (Å²) in [7, 11) is 0. The predicted octanol–water partition coefficient (Wildman–Crippen LogP) is 1.04. The van der Waals surface area contributed by atoms with E-state index in [9.17, 15) is 35.5 Å². The maximum absolute atomic E-state index is 11.2. The number of hydrogen-bond donors (Lipinski definition) is 4. The Bertz CT molecular complexity index is 433. The van der Waals surface area contributed by atoms with E-state index in [1.54, 1.807) is 0 Å². The largest absolute Gasteiger partial charge is 0.505 e. The third-order valence-electron chi connectivity index (χ3n) is 2.13. The molecule has 6 nitrogen and oxygen atoms in total. The number of aliphatic hydroxyl groups is 4. The molecule has 0 aromatic carbocycles. The normalized spacial score (nSPS) is 20.6. The van der Waals surface area contributed by atoms with Crippen LogP contribution in [-0.2, 0) is 9.53 Å². The summed E-state index contributed by atoms with van der Waals surface area (Å²) >= 11 is 0. The van der Waals surface area contributed by atoms with Crippen LogP contribution in [0.5, 0.6) is 0 Å². The number of rotatable bonds is 3. The van der Waals surface area contributed by atoms with Crippen LogP contribution in [0.25, 0.3) is 0 Å². The molecule has 0 aromatic heterocycles. The number of aliphatic hydroxyl groups excluding tert-OH is 4. The lowest BCUT2D eigenvalue weighted by molar-refractivity contribution is -0.320. The van der Waals surface area contributed by atoms with Gasteiger partial charge in [-0.15, -0.1) is 0 Å². The maximum Gasteiger partial charge on any atom is 0.459 e. The molecule has 1 rings (SSSR count). The van der Waals surface area contributed by atoms with Gasteiger partial charge in [-0.05, 0) is 0 Å². The number of hydrogen-bond acceptors (Lipinski definition) is 6. The zero-order chi connectivity index (χ0) is 17.9. The van der Waals surface area contributed by atoms with E-state index < -0.39 is 54.8 Å². The van der Waals surface area contributed by atoms with Gasteiger partial charge in [0.05, 0.1) is 6.61 Å². The second kappa shape index (κ2) is 7.00. The van der Waals surface area contributed by atoms with Crippen LogP contribution >= 0.6 is 0 Å². The first kappa shape index (κ1) is 20.2. The molecule has 0 saturated carbocycles. The van der Waals surface area contributed by atoms with Crippen LogP contribution in [0.3, 0.4) is 0 Å². The monoisotopic (exact) mass is 346 g/mol. The molecule has 13 heteroatoms. The number of carbonyl (C=O) groups excluding carboxylic acids is 1. The molecule has 0 radical (unpaired) electrons. The fourth-order valence-corrected chi connectivity index (χ4v) is 0.946. The van der Waals surface area contributed by atoms with Gasteiger partial charge in [0.25, 0.3) is 0 Å². The van der Waals surface area contributed by atoms with E-state index in [1.807, 2.05) is 0 Å². The summed E-state index contributed by atoms with van der Waals surface area (Å²) in [4.78, 5) is 10.5. The fraction of sp³-hybridized carbons (Fsp3) is 0.667. The number of alkyl halides is 7. The minimum atomic E-state index is -6.17. The average Bonchev–Trinajstić information content (AvgIpc) is 2.65. The zero-order valence-electron chi connectivity index (χ0n) is 10.2. The van der Waals surface area contributed by atoms with Crippen molar-refractivity contribution in [1.29, 1.82) is 0 Å². The van der Waals surface area contributed by atoms with Crippen molar-refractivity contribution in [3.05, 3.63) is 11.5 Å². The van der Waals surface area contributed by atoms with E-state index in [0.29, 0.717) is 0 Å². The number of carbonyl (C=O) groups is 1. The van der Waals surface area contributed by atoms with Crippen molar-refractivity contribution in [2.45, 2.75) is 30.7 Å². The Morgan fingerprint density at radius 2 is 1.59 bits per heavy atom. The van der Waals surface area contributed by atoms with E-state index in [1.165, 1.54) is 0 Å². The lowest BCUT2D eigenvalue weighted by Gasteiger charge is -2.17. The average molecular weight is 346 g/mol. The van der Waals surface area contributed by atoms with Gasteiger partial charge in [0.15, 0.2) is 11.9 Å². The fourth-order valence-electron chi connectivity index (χ4n) is 0.946. The van der Waals surface area contributed by atoms with Gasteiger partial charge in [0.1, 0.15) is 6.10 Å². The Labute approximate surface area is 117 Å². The summed E-state index contributed by atoms with van der Waals surface area (Å²) in [5.74, 6) is -8.67. The van der Waals surface area contributed by atoms with Crippen LogP contribution in [0.4, 0.5) is 30.7 Å². The SMILES string of the molecule is FC(F)C(F)(F)C(F)(F)F.O=C1O[C@H]([C@@H](O)CO)C(O)=C1O. The highest BCUT2D eigenvalue weighted by Crippen LogP contribution is 2.39. The Morgan fingerprint density at radius 3 is 1.77 bits per heavy atom. The van der Waals surface area contributed by atoms with Crippen molar-refractivity contribution in [1.82, 2.24) is 0 Å². The van der Waals surface area contributed by atoms with Crippen molar-refractivity contribution in [2.75, 3.05) is 6.61 Å². The second-order valence-corrected chi connectivity index (χ2v) is 3.73. The molecule has 1 heterocycles. The molecule has 4 N–H and O–H groups in total. The summed E-state index contributed by atoms with van der Waals surface area (Å²) < 4.78 is 80.9. The first-order valence-electron chi connectivity index (χ1n) is 5.12. The van der Waals surface area contributed by atoms with Gasteiger partial charge in [-0.25, -0.2) is 13.6 Å². The molecule has 0 amide bonds. The maximum atomic E-state index is 11.2. The van der Waals surface area contributed by atoms with E-state index in [0.717, 1.165) is 0 Å². The van der Waals surface area contributed by atoms with Crippen LogP contribution < -0.4 is 0 Å². The number of cyclic esters (lactones) is 1. The van der Waals surface area contributed by atoms with Gasteiger partial charge < -0.3 is 25.2 Å². The van der Waals surface area contributed by atoms with Gasteiger partial charge >= 0.3 is 24.5 Å². The van der Waals surface area contributed by atoms with Crippen LogP contribution in [-0.4, -0.2) is 63.7 Å². The minimum Gasteiger partial charge on any atom is -0.505 e. The summed E-state index contributed by atoms with van der Waals surface area (Å²) in [5, 5.41) is 35.0. The van der Waals surface area contributed by atoms with E-state index in [-0.39, 0.29) is 0 Å². The van der Waals surface area contributed by atoms with Gasteiger partial charge in [-0.1, -0.05) is 0 Å². The third kappa shape index (κ3) is 4.37. The zero-order valence-corrected chi connectivity index (χ0v) is 10.2. The van der Waals surface area contributed by atoms with Crippen LogP contribution in [0.2, 0.25) is 0 Å². The minimum absolute atomic E-state index is 0.671. The Balaban J connectivity index is 0.000000409. The van der Waals surface area contributed by atoms with Crippen molar-refractivity contribution < 1.29 is 60.7 Å². The topological polar surface area (TPSA) is 107 Å². The third-order valence-corrected chi connectivity index (χ3v) is 2.13. The standard InChI is InChI=1S/C6H8O6.C3HF7/c7-1-2(8)5-3(9)4(10)6(11)12-5;4-1(5)2(6,7)3(8,9)10/h2,5,7-10H,1H2;1H/t2-,5+;/m0./s1. The molecule has 22 heavy (non-hydrogen) atoms. The highest BCUT2D eigenvalue weighted by atomic mass is 19.4. The molecule has 0 aliphatic carbocycles. The quantitative estimate of drug-likeness (QED) is 0.449. The van der Waals surface area contributed by atoms with Crippen LogP contribution in [0, 0.1) is 0 Å². The summed E-state index contributed by atoms with van der Waals surface area (Å²) in [5.41, 5.74) is 0. The number of ether oxygens (including phenoxy) is 1. The predicted molar refractivity (Wildman–Crippen MR) is 52.3 cm³/mol. The molecular formula is C9H9F7O6. The number of esters is 1. The van der Waals surface area contributed by atoms with Crippen molar-refractivity contribution in [3.63, 3.8) is 0 Å². The molecule has 0 fully saturated rings. The van der Waals surface area contributed by atoms with Gasteiger partial charge in [0.2, 0.25) is 5.76 Å². The first-order chi connectivity index (χ1) is 9.77. The molecule has 0 unspecified atom stereocenters. The molecule has 0 saturated heterocycles. The van der Waals surface area contributed by atoms with E-state index >= 15 is 0 Å². The highest BCUT2D eigenvalue weighted by Gasteiger charge is 2.64. The Morgan fingerprint density at radius 1 is 1.14 bits per heavy atom. The molecule has 130 valence electrons. The highest BCUT2D eigenvalue weighted by molar-refractivity contribution is 5.89. The second-order valence-electron chi connectivity index (χ2n) is 3.73. The van der Waals surface area contributed by atoms with Crippen LogP contribution in [0.1, 0.15) is 0 Å². The molecule has 0 aromatic rings. The van der Waals surface area contributed by atoms with Crippen molar-refractivity contribution >= 4 is 5.97 Å². The molecule has 0 bridgehead atoms. The molecule has 1 aliphatic heterocycles. The summed E-state index contributed by atoms with van der Waals surface area (Å²) in [6.45, 7) is -0.671. The van der Waals surface area contributed by atoms with Crippen LogP contribution in [0.15, 0.2) is 11.5 Å². The van der Waals surface area contributed by atoms with Crippen molar-refractivity contribution in [2.24, 2.45) is 0 Å². The lowest BCUT2D eigenvalue weighted by atomic mass is 10.2. The summed E-state index contributed by atoms with van der Waals surface area (Å²) in [6, 6.07) is 0. The molecular weight excluding hydrogens is 337 g/mol. The van der Waals surface area contributed by atoms with E-state index in [2.05, 4.69) is 4.74 Å². The lowest BCUT2D eigenvalue weighted by Crippen LogP contribution is -2.42.